The maximum atomic E-state index is 5.95. The molecule has 1 spiro atoms. The summed E-state index contributed by atoms with van der Waals surface area (Å²) in [5, 5.41) is 7.07. The first-order chi connectivity index (χ1) is 12.8. The summed E-state index contributed by atoms with van der Waals surface area (Å²) in [6.45, 7) is 9.18. The first-order valence-electron chi connectivity index (χ1n) is 10.6. The largest absolute Gasteiger partial charge is 0.381 e. The van der Waals surface area contributed by atoms with Crippen LogP contribution in [0.3, 0.4) is 0 Å². The molecule has 0 aromatic rings. The molecule has 1 aliphatic heterocycles. The van der Waals surface area contributed by atoms with Gasteiger partial charge in [-0.05, 0) is 52.4 Å². The van der Waals surface area contributed by atoms with Crippen molar-refractivity contribution in [2.24, 2.45) is 10.4 Å². The van der Waals surface area contributed by atoms with E-state index in [1.54, 1.807) is 0 Å². The summed E-state index contributed by atoms with van der Waals surface area (Å²) in [6.07, 6.45) is 8.84. The van der Waals surface area contributed by atoms with Crippen LogP contribution in [-0.2, 0) is 14.2 Å². The van der Waals surface area contributed by atoms with Gasteiger partial charge in [-0.2, -0.15) is 0 Å². The minimum atomic E-state index is 0.359. The number of nitrogens with zero attached hydrogens (tertiary/aromatic N) is 1. The van der Waals surface area contributed by atoms with Gasteiger partial charge in [0.25, 0.3) is 0 Å². The van der Waals surface area contributed by atoms with Gasteiger partial charge in [0.1, 0.15) is 0 Å². The predicted molar refractivity (Wildman–Crippen MR) is 104 cm³/mol. The summed E-state index contributed by atoms with van der Waals surface area (Å²) in [4.78, 5) is 4.76. The second-order valence-corrected chi connectivity index (χ2v) is 7.76. The minimum Gasteiger partial charge on any atom is -0.381 e. The van der Waals surface area contributed by atoms with Crippen molar-refractivity contribution >= 4 is 5.96 Å². The number of ether oxygens (including phenoxy) is 3. The Bertz CT molecular complexity index is 448. The molecule has 2 atom stereocenters. The Kier molecular flexibility index (Phi) is 7.58. The number of rotatable bonds is 9. The summed E-state index contributed by atoms with van der Waals surface area (Å²) in [6, 6.07) is 0.504. The lowest BCUT2D eigenvalue weighted by Gasteiger charge is -2.61. The first kappa shape index (κ1) is 19.9. The highest BCUT2D eigenvalue weighted by Gasteiger charge is 2.59. The number of nitrogens with one attached hydrogen (secondary N) is 2. The number of guanidine groups is 1. The van der Waals surface area contributed by atoms with E-state index >= 15 is 0 Å². The van der Waals surface area contributed by atoms with E-state index in [4.69, 9.17) is 19.2 Å². The van der Waals surface area contributed by atoms with Crippen molar-refractivity contribution in [3.8, 4) is 0 Å². The Morgan fingerprint density at radius 1 is 1.19 bits per heavy atom. The lowest BCUT2D eigenvalue weighted by Crippen LogP contribution is -2.68. The first-order valence-corrected chi connectivity index (χ1v) is 10.6. The molecule has 3 fully saturated rings. The Morgan fingerprint density at radius 2 is 2.00 bits per heavy atom. The molecule has 2 N–H and O–H groups in total. The van der Waals surface area contributed by atoms with Crippen LogP contribution in [0, 0.1) is 5.41 Å². The fourth-order valence-electron chi connectivity index (χ4n) is 4.47. The maximum Gasteiger partial charge on any atom is 0.191 e. The molecule has 3 rings (SSSR count). The second-order valence-electron chi connectivity index (χ2n) is 7.76. The van der Waals surface area contributed by atoms with E-state index in [0.717, 1.165) is 71.2 Å². The van der Waals surface area contributed by atoms with Crippen LogP contribution in [0.4, 0.5) is 0 Å². The van der Waals surface area contributed by atoms with E-state index in [1.165, 1.54) is 19.3 Å². The highest BCUT2D eigenvalue weighted by Crippen LogP contribution is 2.57. The Morgan fingerprint density at radius 3 is 2.65 bits per heavy atom. The lowest BCUT2D eigenvalue weighted by molar-refractivity contribution is -0.168. The molecule has 26 heavy (non-hydrogen) atoms. The Balaban J connectivity index is 1.39. The molecule has 2 unspecified atom stereocenters. The van der Waals surface area contributed by atoms with Gasteiger partial charge in [-0.15, -0.1) is 0 Å². The van der Waals surface area contributed by atoms with Crippen molar-refractivity contribution in [3.63, 3.8) is 0 Å². The van der Waals surface area contributed by atoms with Crippen LogP contribution in [0.2, 0.25) is 0 Å². The third-order valence-electron chi connectivity index (χ3n) is 6.19. The third-order valence-corrected chi connectivity index (χ3v) is 6.19. The fraction of sp³-hybridized carbons (Fsp3) is 0.950. The maximum absolute atomic E-state index is 5.95. The standard InChI is InChI=1S/C20H37N3O3/c1-3-21-19(22-11-6-12-26-16-7-13-24-14-8-16)23-17-15-18(25-4-2)20(17)9-5-10-20/h16-18H,3-15H2,1-2H3,(H2,21,22,23). The molecule has 0 aromatic heterocycles. The van der Waals surface area contributed by atoms with Gasteiger partial charge >= 0.3 is 0 Å². The predicted octanol–water partition coefficient (Wildman–Crippen LogP) is 2.47. The molecule has 0 bridgehead atoms. The van der Waals surface area contributed by atoms with Crippen molar-refractivity contribution in [2.45, 2.75) is 77.0 Å². The Labute approximate surface area is 158 Å². The zero-order valence-electron chi connectivity index (χ0n) is 16.6. The molecular weight excluding hydrogens is 330 g/mol. The topological polar surface area (TPSA) is 64.1 Å². The summed E-state index contributed by atoms with van der Waals surface area (Å²) >= 11 is 0. The average molecular weight is 368 g/mol. The van der Waals surface area contributed by atoms with E-state index in [9.17, 15) is 0 Å². The molecule has 2 saturated carbocycles. The van der Waals surface area contributed by atoms with Gasteiger partial charge in [0.2, 0.25) is 0 Å². The SMILES string of the molecule is CCNC(=NCCCOC1CCOCC1)NC1CC(OCC)C12CCC2. The van der Waals surface area contributed by atoms with Crippen LogP contribution in [-0.4, -0.2) is 63.7 Å². The van der Waals surface area contributed by atoms with Crippen molar-refractivity contribution in [1.29, 1.82) is 0 Å². The highest BCUT2D eigenvalue weighted by atomic mass is 16.5. The van der Waals surface area contributed by atoms with E-state index in [0.29, 0.717) is 23.7 Å². The molecule has 3 aliphatic rings. The second kappa shape index (κ2) is 9.90. The van der Waals surface area contributed by atoms with Gasteiger partial charge in [0, 0.05) is 51.0 Å². The normalized spacial score (nSPS) is 28.5. The summed E-state index contributed by atoms with van der Waals surface area (Å²) in [7, 11) is 0. The molecule has 1 saturated heterocycles. The minimum absolute atomic E-state index is 0.359. The Hall–Kier alpha value is -0.850. The fourth-order valence-corrected chi connectivity index (χ4v) is 4.47. The molecule has 150 valence electrons. The van der Waals surface area contributed by atoms with E-state index in [-0.39, 0.29) is 0 Å². The zero-order chi connectivity index (χ0) is 18.2. The van der Waals surface area contributed by atoms with E-state index in [1.807, 2.05) is 0 Å². The van der Waals surface area contributed by atoms with Crippen LogP contribution >= 0.6 is 0 Å². The lowest BCUT2D eigenvalue weighted by atomic mass is 9.51. The van der Waals surface area contributed by atoms with Crippen LogP contribution in [0.25, 0.3) is 0 Å². The summed E-state index contributed by atoms with van der Waals surface area (Å²) < 4.78 is 17.2. The molecule has 6 heteroatoms. The summed E-state index contributed by atoms with van der Waals surface area (Å²) in [5.41, 5.74) is 0.359. The third kappa shape index (κ3) is 4.70. The summed E-state index contributed by atoms with van der Waals surface area (Å²) in [5.74, 6) is 0.949. The van der Waals surface area contributed by atoms with Gasteiger partial charge in [0.05, 0.1) is 12.2 Å². The number of aliphatic imine (C=N–C) groups is 1. The monoisotopic (exact) mass is 367 g/mol. The van der Waals surface area contributed by atoms with Gasteiger partial charge in [-0.1, -0.05) is 6.42 Å². The van der Waals surface area contributed by atoms with Crippen LogP contribution < -0.4 is 10.6 Å². The molecule has 6 nitrogen and oxygen atoms in total. The smallest absolute Gasteiger partial charge is 0.191 e. The van der Waals surface area contributed by atoms with Crippen molar-refractivity contribution < 1.29 is 14.2 Å². The van der Waals surface area contributed by atoms with Gasteiger partial charge in [0.15, 0.2) is 5.96 Å². The average Bonchev–Trinajstić information content (AvgIpc) is 2.60. The van der Waals surface area contributed by atoms with Gasteiger partial charge in [-0.3, -0.25) is 4.99 Å². The van der Waals surface area contributed by atoms with Gasteiger partial charge < -0.3 is 24.8 Å². The van der Waals surface area contributed by atoms with Crippen molar-refractivity contribution in [2.75, 3.05) is 39.5 Å². The van der Waals surface area contributed by atoms with E-state index in [2.05, 4.69) is 24.5 Å². The van der Waals surface area contributed by atoms with Gasteiger partial charge in [-0.25, -0.2) is 0 Å². The van der Waals surface area contributed by atoms with Crippen molar-refractivity contribution in [3.05, 3.63) is 0 Å². The number of hydrogen-bond donors (Lipinski definition) is 2. The van der Waals surface area contributed by atoms with Crippen LogP contribution in [0.5, 0.6) is 0 Å². The van der Waals surface area contributed by atoms with E-state index < -0.39 is 0 Å². The van der Waals surface area contributed by atoms with Crippen molar-refractivity contribution in [1.82, 2.24) is 10.6 Å². The molecular formula is C20H37N3O3. The zero-order valence-corrected chi connectivity index (χ0v) is 16.6. The molecule has 2 aliphatic carbocycles. The molecule has 1 heterocycles. The van der Waals surface area contributed by atoms with Crippen LogP contribution in [0.1, 0.15) is 58.8 Å². The molecule has 0 aromatic carbocycles. The molecule has 0 amide bonds. The highest BCUT2D eigenvalue weighted by molar-refractivity contribution is 5.80. The van der Waals surface area contributed by atoms with Crippen LogP contribution in [0.15, 0.2) is 4.99 Å². The quantitative estimate of drug-likeness (QED) is 0.372. The molecule has 0 radical (unpaired) electrons. The number of hydrogen-bond acceptors (Lipinski definition) is 4.